The summed E-state index contributed by atoms with van der Waals surface area (Å²) >= 11 is 6.03. The third kappa shape index (κ3) is 3.25. The van der Waals surface area contributed by atoms with Crippen molar-refractivity contribution >= 4 is 34.4 Å². The lowest BCUT2D eigenvalue weighted by atomic mass is 10.1. The van der Waals surface area contributed by atoms with E-state index in [1.54, 1.807) is 24.3 Å². The summed E-state index contributed by atoms with van der Waals surface area (Å²) in [6, 6.07) is 4.98. The minimum Gasteiger partial charge on any atom is -0.339 e. The van der Waals surface area contributed by atoms with Crippen molar-refractivity contribution in [1.29, 1.82) is 0 Å². The summed E-state index contributed by atoms with van der Waals surface area (Å²) < 4.78 is 55.4. The molecule has 2 aromatic heterocycles. The van der Waals surface area contributed by atoms with Crippen LogP contribution in [-0.4, -0.2) is 51.1 Å². The lowest BCUT2D eigenvalue weighted by Crippen LogP contribution is -2.60. The smallest absolute Gasteiger partial charge is 0.339 e. The van der Waals surface area contributed by atoms with Crippen molar-refractivity contribution in [3.8, 4) is 0 Å². The number of rotatable bonds is 2. The van der Waals surface area contributed by atoms with Gasteiger partial charge in [0.2, 0.25) is 5.95 Å². The van der Waals surface area contributed by atoms with Crippen LogP contribution in [0.1, 0.15) is 0 Å². The van der Waals surface area contributed by atoms with Gasteiger partial charge in [-0.15, -0.1) is 5.10 Å². The van der Waals surface area contributed by atoms with Gasteiger partial charge in [0.15, 0.2) is 11.6 Å². The Balaban J connectivity index is 1.70. The molecule has 142 valence electrons. The van der Waals surface area contributed by atoms with Crippen LogP contribution < -0.4 is 9.80 Å². The third-order valence-corrected chi connectivity index (χ3v) is 4.70. The number of anilines is 2. The molecule has 0 aliphatic carbocycles. The van der Waals surface area contributed by atoms with Crippen LogP contribution in [0, 0.1) is 5.82 Å². The molecule has 0 bridgehead atoms. The summed E-state index contributed by atoms with van der Waals surface area (Å²) in [5, 5.41) is 4.63. The fourth-order valence-electron chi connectivity index (χ4n) is 3.19. The molecular formula is C16H13ClF4N6. The van der Waals surface area contributed by atoms with Gasteiger partial charge in [-0.1, -0.05) is 12.1 Å². The maximum absolute atomic E-state index is 13.8. The van der Waals surface area contributed by atoms with Crippen molar-refractivity contribution in [3.63, 3.8) is 0 Å². The Labute approximate surface area is 156 Å². The van der Waals surface area contributed by atoms with Crippen LogP contribution in [0.4, 0.5) is 29.3 Å². The molecule has 3 heterocycles. The summed E-state index contributed by atoms with van der Waals surface area (Å²) in [4.78, 5) is 10.1. The zero-order valence-electron chi connectivity index (χ0n) is 13.7. The molecule has 1 aliphatic rings. The van der Waals surface area contributed by atoms with Crippen LogP contribution in [0.3, 0.4) is 0 Å². The molecule has 1 fully saturated rings. The summed E-state index contributed by atoms with van der Waals surface area (Å²) in [6.45, 7) is -0.150. The normalized spacial score (nSPS) is 18.3. The van der Waals surface area contributed by atoms with Gasteiger partial charge in [0.1, 0.15) is 6.04 Å². The fraction of sp³-hybridized carbons (Fsp3) is 0.312. The summed E-state index contributed by atoms with van der Waals surface area (Å²) in [5.74, 6) is -0.426. The van der Waals surface area contributed by atoms with Crippen LogP contribution in [0.5, 0.6) is 0 Å². The molecule has 0 radical (unpaired) electrons. The Morgan fingerprint density at radius 1 is 1.07 bits per heavy atom. The van der Waals surface area contributed by atoms with E-state index in [1.165, 1.54) is 9.80 Å². The van der Waals surface area contributed by atoms with Gasteiger partial charge < -0.3 is 9.80 Å². The van der Waals surface area contributed by atoms with E-state index in [-0.39, 0.29) is 24.9 Å². The van der Waals surface area contributed by atoms with Gasteiger partial charge >= 0.3 is 6.18 Å². The van der Waals surface area contributed by atoms with Gasteiger partial charge in [0.05, 0.1) is 24.5 Å². The van der Waals surface area contributed by atoms with Crippen molar-refractivity contribution in [2.24, 2.45) is 0 Å². The molecule has 1 atom stereocenters. The molecule has 1 aromatic carbocycles. The van der Waals surface area contributed by atoms with Gasteiger partial charge in [-0.05, 0) is 12.1 Å². The second kappa shape index (κ2) is 6.52. The molecule has 0 amide bonds. The Morgan fingerprint density at radius 2 is 1.78 bits per heavy atom. The lowest BCUT2D eigenvalue weighted by molar-refractivity contribution is -0.148. The highest BCUT2D eigenvalue weighted by Crippen LogP contribution is 2.35. The highest BCUT2D eigenvalue weighted by molar-refractivity contribution is 6.19. The molecule has 11 heteroatoms. The van der Waals surface area contributed by atoms with Crippen molar-refractivity contribution < 1.29 is 17.6 Å². The van der Waals surface area contributed by atoms with Crippen molar-refractivity contribution in [1.82, 2.24) is 19.3 Å². The summed E-state index contributed by atoms with van der Waals surface area (Å²) in [6.07, 6.45) is -2.66. The molecule has 3 aromatic rings. The monoisotopic (exact) mass is 400 g/mol. The molecule has 4 rings (SSSR count). The van der Waals surface area contributed by atoms with Gasteiger partial charge in [-0.2, -0.15) is 17.4 Å². The van der Waals surface area contributed by atoms with E-state index in [0.717, 1.165) is 16.6 Å². The predicted octanol–water partition coefficient (Wildman–Crippen LogP) is 3.22. The standard InChI is InChI=1S/C16H13ClF4N6/c17-27-12-4-2-1-3-11(12)14(24-27)26-6-5-25(9-13(26)16(19,20)21)15-22-7-10(18)8-23-15/h1-4,7-8,13H,5-6,9H2. The molecule has 0 N–H and O–H groups in total. The van der Waals surface area contributed by atoms with E-state index >= 15 is 0 Å². The first-order chi connectivity index (χ1) is 12.8. The molecule has 0 spiro atoms. The number of benzene rings is 1. The number of fused-ring (bicyclic) bond motifs is 1. The average molecular weight is 401 g/mol. The molecule has 1 unspecified atom stereocenters. The Kier molecular flexibility index (Phi) is 4.29. The number of nitrogens with zero attached hydrogens (tertiary/aromatic N) is 6. The van der Waals surface area contributed by atoms with Crippen LogP contribution in [0.25, 0.3) is 10.9 Å². The number of alkyl halides is 3. The summed E-state index contributed by atoms with van der Waals surface area (Å²) in [5.41, 5.74) is 0.527. The first-order valence-corrected chi connectivity index (χ1v) is 8.38. The maximum atomic E-state index is 13.8. The minimum absolute atomic E-state index is 0.0306. The van der Waals surface area contributed by atoms with Crippen molar-refractivity contribution in [2.45, 2.75) is 12.2 Å². The fourth-order valence-corrected chi connectivity index (χ4v) is 3.41. The predicted molar refractivity (Wildman–Crippen MR) is 92.4 cm³/mol. The van der Waals surface area contributed by atoms with Crippen LogP contribution in [0.2, 0.25) is 0 Å². The number of para-hydroxylation sites is 1. The van der Waals surface area contributed by atoms with E-state index in [9.17, 15) is 17.6 Å². The van der Waals surface area contributed by atoms with Crippen LogP contribution in [0.15, 0.2) is 36.7 Å². The van der Waals surface area contributed by atoms with Crippen molar-refractivity contribution in [2.75, 3.05) is 29.4 Å². The van der Waals surface area contributed by atoms with Crippen LogP contribution in [-0.2, 0) is 0 Å². The largest absolute Gasteiger partial charge is 0.410 e. The number of hydrogen-bond donors (Lipinski definition) is 0. The first-order valence-electron chi connectivity index (χ1n) is 8.04. The highest BCUT2D eigenvalue weighted by Gasteiger charge is 2.48. The van der Waals surface area contributed by atoms with E-state index in [2.05, 4.69) is 15.1 Å². The van der Waals surface area contributed by atoms with Gasteiger partial charge in [0, 0.05) is 30.3 Å². The zero-order valence-corrected chi connectivity index (χ0v) is 14.5. The minimum atomic E-state index is -4.52. The molecule has 27 heavy (non-hydrogen) atoms. The molecule has 1 saturated heterocycles. The number of hydrogen-bond acceptors (Lipinski definition) is 5. The van der Waals surface area contributed by atoms with Crippen LogP contribution >= 0.6 is 11.8 Å². The van der Waals surface area contributed by atoms with E-state index in [1.807, 2.05) is 0 Å². The quantitative estimate of drug-likeness (QED) is 0.618. The van der Waals surface area contributed by atoms with E-state index < -0.39 is 24.6 Å². The Hall–Kier alpha value is -2.62. The zero-order chi connectivity index (χ0) is 19.2. The molecular weight excluding hydrogens is 388 g/mol. The maximum Gasteiger partial charge on any atom is 0.410 e. The highest BCUT2D eigenvalue weighted by atomic mass is 35.5. The van der Waals surface area contributed by atoms with Gasteiger partial charge in [-0.25, -0.2) is 14.4 Å². The average Bonchev–Trinajstić information content (AvgIpc) is 2.98. The molecule has 0 saturated carbocycles. The number of halogens is 5. The first kappa shape index (κ1) is 17.8. The van der Waals surface area contributed by atoms with Gasteiger partial charge in [0.25, 0.3) is 0 Å². The Bertz CT molecular complexity index is 958. The number of aromatic nitrogens is 4. The SMILES string of the molecule is Fc1cnc(N2CCN(c3nn(Cl)c4ccccc34)C(C(F)(F)F)C2)nc1. The molecule has 6 nitrogen and oxygen atoms in total. The summed E-state index contributed by atoms with van der Waals surface area (Å²) in [7, 11) is 0. The number of piperazine rings is 1. The second-order valence-electron chi connectivity index (χ2n) is 6.10. The van der Waals surface area contributed by atoms with Crippen molar-refractivity contribution in [3.05, 3.63) is 42.5 Å². The van der Waals surface area contributed by atoms with E-state index in [4.69, 9.17) is 11.8 Å². The lowest BCUT2D eigenvalue weighted by Gasteiger charge is -2.42. The second-order valence-corrected chi connectivity index (χ2v) is 6.42. The molecule has 1 aliphatic heterocycles. The van der Waals surface area contributed by atoms with Gasteiger partial charge in [-0.3, -0.25) is 0 Å². The topological polar surface area (TPSA) is 50.1 Å². The Morgan fingerprint density at radius 3 is 2.48 bits per heavy atom. The van der Waals surface area contributed by atoms with E-state index in [0.29, 0.717) is 10.9 Å². The third-order valence-electron chi connectivity index (χ3n) is 4.45.